The molecule has 20 heavy (non-hydrogen) atoms. The van der Waals surface area contributed by atoms with Crippen molar-refractivity contribution in [3.05, 3.63) is 10.6 Å². The molecule has 0 spiro atoms. The first-order valence-electron chi connectivity index (χ1n) is 7.73. The molecule has 0 radical (unpaired) electrons. The highest BCUT2D eigenvalue weighted by atomic mass is 32.1. The molecule has 0 N–H and O–H groups in total. The zero-order chi connectivity index (χ0) is 14.3. The topological polar surface area (TPSA) is 33.2 Å². The number of hydrogen-bond donors (Lipinski definition) is 0. The standard InChI is InChI=1S/C16H24N2OS/c1-16(2,3)11-7-9-18(10-8-11)15-17-14-12(19)5-4-6-13(14)20-15/h11H,4-10H2,1-3H3. The monoisotopic (exact) mass is 292 g/mol. The molecule has 0 bridgehead atoms. The zero-order valence-electron chi connectivity index (χ0n) is 12.7. The molecule has 1 fully saturated rings. The Morgan fingerprint density at radius 1 is 1.20 bits per heavy atom. The van der Waals surface area contributed by atoms with Crippen LogP contribution in [0.3, 0.4) is 0 Å². The third-order valence-electron chi connectivity index (χ3n) is 4.75. The van der Waals surface area contributed by atoms with Gasteiger partial charge in [0.25, 0.3) is 0 Å². The lowest BCUT2D eigenvalue weighted by Crippen LogP contribution is -2.38. The Morgan fingerprint density at radius 2 is 1.90 bits per heavy atom. The number of rotatable bonds is 1. The van der Waals surface area contributed by atoms with Crippen LogP contribution in [0.15, 0.2) is 0 Å². The van der Waals surface area contributed by atoms with Crippen molar-refractivity contribution in [3.63, 3.8) is 0 Å². The summed E-state index contributed by atoms with van der Waals surface area (Å²) in [6.45, 7) is 9.20. The Morgan fingerprint density at radius 3 is 2.50 bits per heavy atom. The van der Waals surface area contributed by atoms with Crippen LogP contribution in [0.25, 0.3) is 0 Å². The summed E-state index contributed by atoms with van der Waals surface area (Å²) in [5.74, 6) is 1.05. The van der Waals surface area contributed by atoms with Crippen molar-refractivity contribution >= 4 is 22.3 Å². The first-order valence-corrected chi connectivity index (χ1v) is 8.54. The fourth-order valence-corrected chi connectivity index (χ4v) is 4.50. The van der Waals surface area contributed by atoms with E-state index in [1.54, 1.807) is 11.3 Å². The van der Waals surface area contributed by atoms with Crippen molar-refractivity contribution in [2.24, 2.45) is 11.3 Å². The Balaban J connectivity index is 1.71. The van der Waals surface area contributed by atoms with Gasteiger partial charge in [0.2, 0.25) is 0 Å². The molecular formula is C16H24N2OS. The maximum absolute atomic E-state index is 11.9. The molecule has 1 aromatic heterocycles. The maximum Gasteiger partial charge on any atom is 0.186 e. The number of carbonyl (C=O) groups is 1. The second-order valence-corrected chi connectivity index (χ2v) is 8.23. The van der Waals surface area contributed by atoms with Crippen molar-refractivity contribution in [2.45, 2.75) is 52.9 Å². The van der Waals surface area contributed by atoms with E-state index in [0.29, 0.717) is 11.8 Å². The van der Waals surface area contributed by atoms with Gasteiger partial charge >= 0.3 is 0 Å². The number of thiazole rings is 1. The minimum Gasteiger partial charge on any atom is -0.348 e. The molecule has 1 aromatic rings. The van der Waals surface area contributed by atoms with Crippen LogP contribution in [0, 0.1) is 11.3 Å². The number of aryl methyl sites for hydroxylation is 1. The van der Waals surface area contributed by atoms with E-state index in [-0.39, 0.29) is 5.78 Å². The Labute approximate surface area is 125 Å². The summed E-state index contributed by atoms with van der Waals surface area (Å²) in [6, 6.07) is 0. The molecule has 0 unspecified atom stereocenters. The van der Waals surface area contributed by atoms with Gasteiger partial charge in [-0.3, -0.25) is 4.79 Å². The molecule has 1 saturated heterocycles. The van der Waals surface area contributed by atoms with Gasteiger partial charge in [0.1, 0.15) is 5.69 Å². The number of carbonyl (C=O) groups excluding carboxylic acids is 1. The van der Waals surface area contributed by atoms with Crippen LogP contribution in [0.2, 0.25) is 0 Å². The molecular weight excluding hydrogens is 268 g/mol. The number of Topliss-reactive ketones (excluding diaryl/α,β-unsaturated/α-hetero) is 1. The smallest absolute Gasteiger partial charge is 0.186 e. The van der Waals surface area contributed by atoms with Gasteiger partial charge in [-0.1, -0.05) is 20.8 Å². The molecule has 1 aliphatic carbocycles. The fourth-order valence-electron chi connectivity index (χ4n) is 3.33. The quantitative estimate of drug-likeness (QED) is 0.786. The van der Waals surface area contributed by atoms with Crippen molar-refractivity contribution < 1.29 is 4.79 Å². The lowest BCUT2D eigenvalue weighted by atomic mass is 9.75. The predicted octanol–water partition coefficient (Wildman–Crippen LogP) is 3.92. The molecule has 3 rings (SSSR count). The highest BCUT2D eigenvalue weighted by molar-refractivity contribution is 7.16. The lowest BCUT2D eigenvalue weighted by molar-refractivity contribution is 0.0968. The van der Waals surface area contributed by atoms with Crippen molar-refractivity contribution in [3.8, 4) is 0 Å². The molecule has 4 heteroatoms. The number of nitrogens with zero attached hydrogens (tertiary/aromatic N) is 2. The normalized spacial score (nSPS) is 21.1. The Hall–Kier alpha value is -0.900. The molecule has 2 heterocycles. The van der Waals surface area contributed by atoms with Crippen LogP contribution in [-0.4, -0.2) is 23.9 Å². The third-order valence-corrected chi connectivity index (χ3v) is 5.92. The summed E-state index contributed by atoms with van der Waals surface area (Å²) in [5, 5.41) is 1.08. The number of ketones is 1. The summed E-state index contributed by atoms with van der Waals surface area (Å²) in [6.07, 6.45) is 5.20. The number of fused-ring (bicyclic) bond motifs is 1. The Kier molecular flexibility index (Phi) is 3.61. The van der Waals surface area contributed by atoms with Gasteiger partial charge in [-0.05, 0) is 37.0 Å². The van der Waals surface area contributed by atoms with Crippen LogP contribution >= 0.6 is 11.3 Å². The molecule has 0 saturated carbocycles. The summed E-state index contributed by atoms with van der Waals surface area (Å²) in [5.41, 5.74) is 1.18. The first kappa shape index (κ1) is 14.1. The summed E-state index contributed by atoms with van der Waals surface area (Å²) >= 11 is 1.75. The molecule has 1 aliphatic heterocycles. The molecule has 0 aromatic carbocycles. The minimum atomic E-state index is 0.248. The number of anilines is 1. The van der Waals surface area contributed by atoms with Crippen LogP contribution in [0.5, 0.6) is 0 Å². The van der Waals surface area contributed by atoms with E-state index in [2.05, 4.69) is 30.7 Å². The van der Waals surface area contributed by atoms with E-state index in [0.717, 1.165) is 42.7 Å². The van der Waals surface area contributed by atoms with Crippen LogP contribution in [0.1, 0.15) is 61.8 Å². The minimum absolute atomic E-state index is 0.248. The van der Waals surface area contributed by atoms with Crippen molar-refractivity contribution in [1.29, 1.82) is 0 Å². The van der Waals surface area contributed by atoms with Gasteiger partial charge in [0.05, 0.1) is 0 Å². The predicted molar refractivity (Wildman–Crippen MR) is 83.8 cm³/mol. The van der Waals surface area contributed by atoms with E-state index >= 15 is 0 Å². The van der Waals surface area contributed by atoms with Gasteiger partial charge in [-0.15, -0.1) is 11.3 Å². The fraction of sp³-hybridized carbons (Fsp3) is 0.750. The maximum atomic E-state index is 11.9. The zero-order valence-corrected chi connectivity index (χ0v) is 13.6. The lowest BCUT2D eigenvalue weighted by Gasteiger charge is -2.38. The average molecular weight is 292 g/mol. The summed E-state index contributed by atoms with van der Waals surface area (Å²) in [4.78, 5) is 20.1. The average Bonchev–Trinajstić information content (AvgIpc) is 2.83. The van der Waals surface area contributed by atoms with E-state index in [1.165, 1.54) is 17.7 Å². The van der Waals surface area contributed by atoms with Gasteiger partial charge in [0, 0.05) is 24.4 Å². The number of piperidine rings is 1. The van der Waals surface area contributed by atoms with Crippen molar-refractivity contribution in [2.75, 3.05) is 18.0 Å². The van der Waals surface area contributed by atoms with Gasteiger partial charge in [0.15, 0.2) is 10.9 Å². The van der Waals surface area contributed by atoms with Crippen LogP contribution in [-0.2, 0) is 6.42 Å². The molecule has 2 aliphatic rings. The molecule has 3 nitrogen and oxygen atoms in total. The SMILES string of the molecule is CC(C)(C)C1CCN(c2nc3c(s2)CCCC3=O)CC1. The van der Waals surface area contributed by atoms with E-state index in [1.807, 2.05) is 0 Å². The van der Waals surface area contributed by atoms with Crippen LogP contribution < -0.4 is 4.90 Å². The van der Waals surface area contributed by atoms with Crippen LogP contribution in [0.4, 0.5) is 5.13 Å². The molecule has 110 valence electrons. The van der Waals surface area contributed by atoms with Gasteiger partial charge in [-0.25, -0.2) is 4.98 Å². The second-order valence-electron chi connectivity index (χ2n) is 7.17. The summed E-state index contributed by atoms with van der Waals surface area (Å²) < 4.78 is 0. The van der Waals surface area contributed by atoms with Gasteiger partial charge < -0.3 is 4.90 Å². The second kappa shape index (κ2) is 5.14. The molecule has 0 atom stereocenters. The van der Waals surface area contributed by atoms with E-state index < -0.39 is 0 Å². The van der Waals surface area contributed by atoms with E-state index in [4.69, 9.17) is 0 Å². The highest BCUT2D eigenvalue weighted by Gasteiger charge is 2.31. The van der Waals surface area contributed by atoms with E-state index in [9.17, 15) is 4.79 Å². The number of aromatic nitrogens is 1. The highest BCUT2D eigenvalue weighted by Crippen LogP contribution is 2.38. The Bertz CT molecular complexity index is 507. The first-order chi connectivity index (χ1) is 9.45. The number of hydrogen-bond acceptors (Lipinski definition) is 4. The van der Waals surface area contributed by atoms with Gasteiger partial charge in [-0.2, -0.15) is 0 Å². The summed E-state index contributed by atoms with van der Waals surface area (Å²) in [7, 11) is 0. The third kappa shape index (κ3) is 2.62. The largest absolute Gasteiger partial charge is 0.348 e. The van der Waals surface area contributed by atoms with Crippen molar-refractivity contribution in [1.82, 2.24) is 4.98 Å². The molecule has 0 amide bonds.